The number of carbonyl (C=O) groups is 1. The van der Waals surface area contributed by atoms with E-state index in [4.69, 9.17) is 10.5 Å². The Labute approximate surface area is 187 Å². The fraction of sp³-hybridized carbons (Fsp3) is 0.400. The molecular formula is C20H20F3N5O4S. The van der Waals surface area contributed by atoms with Crippen molar-refractivity contribution >= 4 is 27.3 Å². The van der Waals surface area contributed by atoms with Crippen LogP contribution in [0.4, 0.5) is 18.9 Å². The standard InChI is InChI=1S/C20H20F3N5O4S/c1-18(2)17(24)28-19(10-33(18,30)31)9-32-8-11-3-4-12(5-13(11)19)27-16(29)14-6-26-15(7-25-14)20(21,22)23/h3-7H,8-10H2,1-2H3,(H2,24,28)(H,27,29). The van der Waals surface area contributed by atoms with E-state index < -0.39 is 37.9 Å². The molecule has 0 radical (unpaired) electrons. The van der Waals surface area contributed by atoms with Gasteiger partial charge in [-0.2, -0.15) is 13.2 Å². The number of carbonyl (C=O) groups excluding carboxylic acids is 1. The molecule has 0 bridgehead atoms. The van der Waals surface area contributed by atoms with Crippen LogP contribution < -0.4 is 11.1 Å². The zero-order valence-electron chi connectivity index (χ0n) is 17.6. The second kappa shape index (κ2) is 7.48. The summed E-state index contributed by atoms with van der Waals surface area (Å²) in [6.07, 6.45) is -3.47. The van der Waals surface area contributed by atoms with E-state index in [1.54, 1.807) is 18.2 Å². The highest BCUT2D eigenvalue weighted by Gasteiger charge is 2.52. The average Bonchev–Trinajstić information content (AvgIpc) is 2.72. The largest absolute Gasteiger partial charge is 0.434 e. The van der Waals surface area contributed by atoms with Crippen LogP contribution in [0, 0.1) is 0 Å². The van der Waals surface area contributed by atoms with Crippen LogP contribution >= 0.6 is 0 Å². The molecule has 1 unspecified atom stereocenters. The number of ether oxygens (including phenoxy) is 1. The number of aromatic nitrogens is 2. The third-order valence-electron chi connectivity index (χ3n) is 5.80. The summed E-state index contributed by atoms with van der Waals surface area (Å²) in [6, 6.07) is 4.78. The molecule has 33 heavy (non-hydrogen) atoms. The Morgan fingerprint density at radius 1 is 1.21 bits per heavy atom. The number of aliphatic imine (C=N–C) groups is 1. The molecule has 4 rings (SSSR count). The first-order valence-electron chi connectivity index (χ1n) is 9.75. The number of anilines is 1. The van der Waals surface area contributed by atoms with Crippen LogP contribution in [0.1, 0.15) is 41.2 Å². The molecule has 0 saturated heterocycles. The Bertz CT molecular complexity index is 1260. The van der Waals surface area contributed by atoms with Gasteiger partial charge in [-0.1, -0.05) is 6.07 Å². The quantitative estimate of drug-likeness (QED) is 0.667. The lowest BCUT2D eigenvalue weighted by Crippen LogP contribution is -2.57. The second-order valence-electron chi connectivity index (χ2n) is 8.40. The van der Waals surface area contributed by atoms with Crippen LogP contribution in [0.2, 0.25) is 0 Å². The third kappa shape index (κ3) is 3.95. The van der Waals surface area contributed by atoms with Crippen molar-refractivity contribution in [3.63, 3.8) is 0 Å². The highest BCUT2D eigenvalue weighted by molar-refractivity contribution is 7.93. The van der Waals surface area contributed by atoms with Crippen molar-refractivity contribution in [1.82, 2.24) is 9.97 Å². The molecule has 0 fully saturated rings. The minimum Gasteiger partial charge on any atom is -0.386 e. The molecule has 3 N–H and O–H groups in total. The molecule has 1 amide bonds. The first kappa shape index (κ1) is 23.1. The van der Waals surface area contributed by atoms with Crippen LogP contribution in [0.3, 0.4) is 0 Å². The minimum atomic E-state index is -4.67. The van der Waals surface area contributed by atoms with E-state index in [1.165, 1.54) is 13.8 Å². The summed E-state index contributed by atoms with van der Waals surface area (Å²) in [7, 11) is -3.69. The number of fused-ring (bicyclic) bond motifs is 2. The van der Waals surface area contributed by atoms with Gasteiger partial charge in [0.05, 0.1) is 31.4 Å². The summed E-state index contributed by atoms with van der Waals surface area (Å²) in [4.78, 5) is 23.8. The second-order valence-corrected chi connectivity index (χ2v) is 10.9. The molecule has 0 saturated carbocycles. The number of sulfone groups is 1. The summed E-state index contributed by atoms with van der Waals surface area (Å²) in [5.74, 6) is -1.15. The lowest BCUT2D eigenvalue weighted by molar-refractivity contribution is -0.141. The highest BCUT2D eigenvalue weighted by Crippen LogP contribution is 2.42. The van der Waals surface area contributed by atoms with Gasteiger partial charge in [0, 0.05) is 5.69 Å². The molecule has 3 heterocycles. The summed E-state index contributed by atoms with van der Waals surface area (Å²) < 4.78 is 68.2. The molecule has 1 aromatic heterocycles. The summed E-state index contributed by atoms with van der Waals surface area (Å²) in [5, 5.41) is 2.54. The minimum absolute atomic E-state index is 0.0161. The maximum absolute atomic E-state index is 13.0. The number of benzene rings is 1. The van der Waals surface area contributed by atoms with E-state index in [1.807, 2.05) is 0 Å². The van der Waals surface area contributed by atoms with Crippen LogP contribution in [0.25, 0.3) is 0 Å². The smallest absolute Gasteiger partial charge is 0.386 e. The van der Waals surface area contributed by atoms with E-state index >= 15 is 0 Å². The maximum Gasteiger partial charge on any atom is 0.434 e. The summed E-state index contributed by atoms with van der Waals surface area (Å²) in [6.45, 7) is 3.17. The number of nitrogens with two attached hydrogens (primary N) is 1. The number of hydrogen-bond acceptors (Lipinski definition) is 8. The number of nitrogens with zero attached hydrogens (tertiary/aromatic N) is 3. The fourth-order valence-corrected chi connectivity index (χ4v) is 5.33. The number of amides is 1. The van der Waals surface area contributed by atoms with Gasteiger partial charge in [0.2, 0.25) is 0 Å². The third-order valence-corrected chi connectivity index (χ3v) is 8.42. The van der Waals surface area contributed by atoms with Gasteiger partial charge in [0.1, 0.15) is 21.8 Å². The topological polar surface area (TPSA) is 137 Å². The maximum atomic E-state index is 13.0. The number of nitrogens with one attached hydrogen (secondary N) is 1. The molecule has 2 aliphatic heterocycles. The number of halogens is 3. The fourth-order valence-electron chi connectivity index (χ4n) is 3.67. The molecule has 1 spiro atoms. The molecule has 13 heteroatoms. The van der Waals surface area contributed by atoms with Crippen molar-refractivity contribution in [2.75, 3.05) is 17.7 Å². The highest BCUT2D eigenvalue weighted by atomic mass is 32.2. The predicted octanol–water partition coefficient (Wildman–Crippen LogP) is 2.04. The SMILES string of the molecule is CC1(C)C(N)=NC2(COCc3ccc(NC(=O)c4cnc(C(F)(F)F)cn4)cc32)CS1(=O)=O. The van der Waals surface area contributed by atoms with E-state index in [0.717, 1.165) is 6.20 Å². The van der Waals surface area contributed by atoms with E-state index in [9.17, 15) is 26.4 Å². The Morgan fingerprint density at radius 3 is 2.55 bits per heavy atom. The normalized spacial score (nSPS) is 23.5. The molecule has 2 aromatic rings. The predicted molar refractivity (Wildman–Crippen MR) is 112 cm³/mol. The molecular weight excluding hydrogens is 463 g/mol. The first-order chi connectivity index (χ1) is 15.3. The lowest BCUT2D eigenvalue weighted by Gasteiger charge is -2.42. The molecule has 0 aliphatic carbocycles. The van der Waals surface area contributed by atoms with Gasteiger partial charge in [-0.3, -0.25) is 9.79 Å². The Morgan fingerprint density at radius 2 is 1.94 bits per heavy atom. The molecule has 176 valence electrons. The number of alkyl halides is 3. The summed E-state index contributed by atoms with van der Waals surface area (Å²) >= 11 is 0. The summed E-state index contributed by atoms with van der Waals surface area (Å²) in [5.41, 5.74) is 4.72. The zero-order valence-corrected chi connectivity index (χ0v) is 18.4. The van der Waals surface area contributed by atoms with Gasteiger partial charge >= 0.3 is 6.18 Å². The van der Waals surface area contributed by atoms with Gasteiger partial charge in [-0.05, 0) is 37.1 Å². The van der Waals surface area contributed by atoms with Crippen LogP contribution in [0.15, 0.2) is 35.6 Å². The zero-order chi connectivity index (χ0) is 24.2. The van der Waals surface area contributed by atoms with Crippen molar-refractivity contribution in [1.29, 1.82) is 0 Å². The Balaban J connectivity index is 1.67. The van der Waals surface area contributed by atoms with Crippen LogP contribution in [0.5, 0.6) is 0 Å². The van der Waals surface area contributed by atoms with Gasteiger partial charge in [0.25, 0.3) is 5.91 Å². The van der Waals surface area contributed by atoms with Crippen LogP contribution in [-0.4, -0.2) is 47.2 Å². The van der Waals surface area contributed by atoms with Gasteiger partial charge in [-0.25, -0.2) is 18.4 Å². The Kier molecular flexibility index (Phi) is 5.24. The van der Waals surface area contributed by atoms with Gasteiger partial charge in [0.15, 0.2) is 15.5 Å². The van der Waals surface area contributed by atoms with Crippen molar-refractivity contribution in [3.05, 3.63) is 53.1 Å². The molecule has 9 nitrogen and oxygen atoms in total. The van der Waals surface area contributed by atoms with E-state index in [0.29, 0.717) is 17.3 Å². The van der Waals surface area contributed by atoms with Gasteiger partial charge < -0.3 is 15.8 Å². The van der Waals surface area contributed by atoms with Gasteiger partial charge in [-0.15, -0.1) is 0 Å². The number of hydrogen-bond donors (Lipinski definition) is 2. The van der Waals surface area contributed by atoms with Crippen molar-refractivity contribution in [2.45, 2.75) is 36.9 Å². The van der Waals surface area contributed by atoms with Crippen LogP contribution in [-0.2, 0) is 32.9 Å². The Hall–Kier alpha value is -3.06. The molecule has 1 atom stereocenters. The first-order valence-corrected chi connectivity index (χ1v) is 11.4. The molecule has 2 aliphatic rings. The van der Waals surface area contributed by atoms with Crippen molar-refractivity contribution < 1.29 is 31.1 Å². The number of rotatable bonds is 2. The lowest BCUT2D eigenvalue weighted by atomic mass is 9.86. The average molecular weight is 483 g/mol. The number of amidine groups is 1. The molecule has 1 aromatic carbocycles. The van der Waals surface area contributed by atoms with Crippen molar-refractivity contribution in [3.8, 4) is 0 Å². The monoisotopic (exact) mass is 483 g/mol. The van der Waals surface area contributed by atoms with E-state index in [-0.39, 0.29) is 36.2 Å². The van der Waals surface area contributed by atoms with Crippen molar-refractivity contribution in [2.24, 2.45) is 10.7 Å². The van der Waals surface area contributed by atoms with E-state index in [2.05, 4.69) is 20.3 Å².